The average molecular weight is 366 g/mol. The molecule has 0 radical (unpaired) electrons. The Morgan fingerprint density at radius 3 is 2.44 bits per heavy atom. The summed E-state index contributed by atoms with van der Waals surface area (Å²) in [5.41, 5.74) is 0.852. The maximum absolute atomic E-state index is 13.1. The first-order chi connectivity index (χ1) is 12.0. The predicted octanol–water partition coefficient (Wildman–Crippen LogP) is 1.40. The van der Waals surface area contributed by atoms with Gasteiger partial charge in [-0.1, -0.05) is 30.7 Å². The first kappa shape index (κ1) is 18.2. The molecule has 136 valence electrons. The molecule has 2 aliphatic heterocycles. The molecule has 0 unspecified atom stereocenters. The average Bonchev–Trinajstić information content (AvgIpc) is 2.64. The normalized spacial score (nSPS) is 25.3. The second kappa shape index (κ2) is 7.72. The third-order valence-electron chi connectivity index (χ3n) is 5.07. The second-order valence-electron chi connectivity index (χ2n) is 6.49. The van der Waals surface area contributed by atoms with Crippen LogP contribution < -0.4 is 0 Å². The highest BCUT2D eigenvalue weighted by Gasteiger charge is 2.42. The Balaban J connectivity index is 1.81. The molecule has 0 spiro atoms. The van der Waals surface area contributed by atoms with Crippen LogP contribution in [0.2, 0.25) is 5.02 Å². The summed E-state index contributed by atoms with van der Waals surface area (Å²) in [5, 5.41) is 0.619. The molecule has 0 saturated carbocycles. The molecule has 2 fully saturated rings. The van der Waals surface area contributed by atoms with E-state index in [1.54, 1.807) is 24.1 Å². The Kier molecular flexibility index (Phi) is 5.61. The van der Waals surface area contributed by atoms with Crippen LogP contribution in [0.25, 0.3) is 0 Å². The number of hydrogen-bond acceptors (Lipinski definition) is 4. The number of rotatable bonds is 3. The standard InChI is InChI=1S/C18H24ClN3O3/c1-3-21-8-10-22(11-9-21)18(24)17-16(20(2)15(23)12-25-17)13-4-6-14(19)7-5-13/h4-7,16-17H,3,8-12H2,1-2H3/t16-,17+/m1/s1. The fourth-order valence-corrected chi connectivity index (χ4v) is 3.57. The summed E-state index contributed by atoms with van der Waals surface area (Å²) in [5.74, 6) is -0.171. The number of nitrogens with zero attached hydrogens (tertiary/aromatic N) is 3. The van der Waals surface area contributed by atoms with Gasteiger partial charge in [0, 0.05) is 38.2 Å². The number of carbonyl (C=O) groups excluding carboxylic acids is 2. The Hall–Kier alpha value is -1.63. The van der Waals surface area contributed by atoms with E-state index in [1.807, 2.05) is 17.0 Å². The second-order valence-corrected chi connectivity index (χ2v) is 6.93. The molecule has 7 heteroatoms. The van der Waals surface area contributed by atoms with Crippen LogP contribution in [-0.4, -0.2) is 79.0 Å². The lowest BCUT2D eigenvalue weighted by molar-refractivity contribution is -0.168. The van der Waals surface area contributed by atoms with E-state index in [4.69, 9.17) is 16.3 Å². The Bertz CT molecular complexity index is 629. The Morgan fingerprint density at radius 2 is 1.84 bits per heavy atom. The molecule has 25 heavy (non-hydrogen) atoms. The lowest BCUT2D eigenvalue weighted by atomic mass is 9.97. The zero-order valence-corrected chi connectivity index (χ0v) is 15.4. The van der Waals surface area contributed by atoms with Crippen LogP contribution >= 0.6 is 11.6 Å². The lowest BCUT2D eigenvalue weighted by Gasteiger charge is -2.42. The van der Waals surface area contributed by atoms with E-state index >= 15 is 0 Å². The van der Waals surface area contributed by atoms with Crippen molar-refractivity contribution in [3.05, 3.63) is 34.9 Å². The molecule has 2 heterocycles. The number of ether oxygens (including phenoxy) is 1. The number of piperazine rings is 1. The van der Waals surface area contributed by atoms with Gasteiger partial charge in [0.05, 0.1) is 6.04 Å². The van der Waals surface area contributed by atoms with Crippen molar-refractivity contribution in [3.8, 4) is 0 Å². The highest BCUT2D eigenvalue weighted by atomic mass is 35.5. The molecule has 0 N–H and O–H groups in total. The topological polar surface area (TPSA) is 53.1 Å². The first-order valence-corrected chi connectivity index (χ1v) is 9.03. The van der Waals surface area contributed by atoms with Crippen molar-refractivity contribution < 1.29 is 14.3 Å². The fourth-order valence-electron chi connectivity index (χ4n) is 3.44. The lowest BCUT2D eigenvalue weighted by Crippen LogP contribution is -2.57. The van der Waals surface area contributed by atoms with Gasteiger partial charge in [0.25, 0.3) is 5.91 Å². The zero-order valence-electron chi connectivity index (χ0n) is 14.7. The zero-order chi connectivity index (χ0) is 18.0. The number of morpholine rings is 1. The molecule has 2 saturated heterocycles. The maximum atomic E-state index is 13.1. The van der Waals surface area contributed by atoms with E-state index < -0.39 is 12.1 Å². The van der Waals surface area contributed by atoms with Crippen molar-refractivity contribution >= 4 is 23.4 Å². The van der Waals surface area contributed by atoms with E-state index in [-0.39, 0.29) is 18.4 Å². The van der Waals surface area contributed by atoms with E-state index in [0.29, 0.717) is 18.1 Å². The smallest absolute Gasteiger partial charge is 0.254 e. The van der Waals surface area contributed by atoms with Crippen molar-refractivity contribution in [3.63, 3.8) is 0 Å². The van der Waals surface area contributed by atoms with Crippen molar-refractivity contribution in [2.45, 2.75) is 19.1 Å². The minimum atomic E-state index is -0.683. The third kappa shape index (κ3) is 3.81. The monoisotopic (exact) mass is 365 g/mol. The molecule has 1 aromatic rings. The Morgan fingerprint density at radius 1 is 1.20 bits per heavy atom. The minimum Gasteiger partial charge on any atom is -0.356 e. The fraction of sp³-hybridized carbons (Fsp3) is 0.556. The molecule has 6 nitrogen and oxygen atoms in total. The van der Waals surface area contributed by atoms with Gasteiger partial charge in [-0.25, -0.2) is 0 Å². The number of benzene rings is 1. The maximum Gasteiger partial charge on any atom is 0.254 e. The number of hydrogen-bond donors (Lipinski definition) is 0. The summed E-state index contributed by atoms with van der Waals surface area (Å²) in [6.07, 6.45) is -0.683. The van der Waals surface area contributed by atoms with Crippen molar-refractivity contribution in [2.24, 2.45) is 0 Å². The molecule has 2 amide bonds. The van der Waals surface area contributed by atoms with Crippen molar-refractivity contribution in [2.75, 3.05) is 46.4 Å². The van der Waals surface area contributed by atoms with Crippen LogP contribution in [0.4, 0.5) is 0 Å². The summed E-state index contributed by atoms with van der Waals surface area (Å²) >= 11 is 5.97. The third-order valence-corrected chi connectivity index (χ3v) is 5.32. The highest BCUT2D eigenvalue weighted by molar-refractivity contribution is 6.30. The van der Waals surface area contributed by atoms with Gasteiger partial charge in [-0.2, -0.15) is 0 Å². The molecular formula is C18H24ClN3O3. The molecule has 3 rings (SSSR count). The number of halogens is 1. The van der Waals surface area contributed by atoms with Gasteiger partial charge in [-0.05, 0) is 24.2 Å². The van der Waals surface area contributed by atoms with Gasteiger partial charge < -0.3 is 19.4 Å². The van der Waals surface area contributed by atoms with Gasteiger partial charge in [0.15, 0.2) is 6.10 Å². The SMILES string of the molecule is CCN1CCN(C(=O)[C@H]2OCC(=O)N(C)[C@@H]2c2ccc(Cl)cc2)CC1. The molecule has 0 aromatic heterocycles. The van der Waals surface area contributed by atoms with Crippen LogP contribution in [-0.2, 0) is 14.3 Å². The molecule has 2 atom stereocenters. The van der Waals surface area contributed by atoms with E-state index in [0.717, 1.165) is 25.2 Å². The van der Waals surface area contributed by atoms with Crippen molar-refractivity contribution in [1.82, 2.24) is 14.7 Å². The van der Waals surface area contributed by atoms with Gasteiger partial charge in [0.2, 0.25) is 5.91 Å². The predicted molar refractivity (Wildman–Crippen MR) is 95.4 cm³/mol. The van der Waals surface area contributed by atoms with Crippen LogP contribution in [0.3, 0.4) is 0 Å². The van der Waals surface area contributed by atoms with Gasteiger partial charge in [-0.3, -0.25) is 9.59 Å². The summed E-state index contributed by atoms with van der Waals surface area (Å²) in [6.45, 7) is 6.18. The minimum absolute atomic E-state index is 0.0462. The van der Waals surface area contributed by atoms with E-state index in [2.05, 4.69) is 11.8 Å². The van der Waals surface area contributed by atoms with Gasteiger partial charge >= 0.3 is 0 Å². The summed E-state index contributed by atoms with van der Waals surface area (Å²) < 4.78 is 5.70. The Labute approximate surface area is 153 Å². The molecular weight excluding hydrogens is 342 g/mol. The highest BCUT2D eigenvalue weighted by Crippen LogP contribution is 2.31. The molecule has 1 aromatic carbocycles. The van der Waals surface area contributed by atoms with Crippen LogP contribution in [0, 0.1) is 0 Å². The number of carbonyl (C=O) groups is 2. The van der Waals surface area contributed by atoms with Gasteiger partial charge in [-0.15, -0.1) is 0 Å². The van der Waals surface area contributed by atoms with Crippen LogP contribution in [0.5, 0.6) is 0 Å². The number of amides is 2. The summed E-state index contributed by atoms with van der Waals surface area (Å²) in [4.78, 5) is 31.0. The van der Waals surface area contributed by atoms with Crippen LogP contribution in [0.15, 0.2) is 24.3 Å². The van der Waals surface area contributed by atoms with Crippen molar-refractivity contribution in [1.29, 1.82) is 0 Å². The quantitative estimate of drug-likeness (QED) is 0.812. The largest absolute Gasteiger partial charge is 0.356 e. The molecule has 2 aliphatic rings. The molecule has 0 aliphatic carbocycles. The van der Waals surface area contributed by atoms with E-state index in [9.17, 15) is 9.59 Å². The molecule has 0 bridgehead atoms. The van der Waals surface area contributed by atoms with Gasteiger partial charge in [0.1, 0.15) is 6.61 Å². The summed E-state index contributed by atoms with van der Waals surface area (Å²) in [6, 6.07) is 6.80. The number of likely N-dealkylation sites (N-methyl/N-ethyl adjacent to an activating group) is 2. The first-order valence-electron chi connectivity index (χ1n) is 8.65. The van der Waals surface area contributed by atoms with E-state index in [1.165, 1.54) is 0 Å². The summed E-state index contributed by atoms with van der Waals surface area (Å²) in [7, 11) is 1.72. The van der Waals surface area contributed by atoms with Crippen LogP contribution in [0.1, 0.15) is 18.5 Å².